The Bertz CT molecular complexity index is 1180. The maximum Gasteiger partial charge on any atom is 0.268 e. The van der Waals surface area contributed by atoms with Gasteiger partial charge < -0.3 is 9.64 Å². The summed E-state index contributed by atoms with van der Waals surface area (Å²) in [5.41, 5.74) is 3.67. The number of para-hydroxylation sites is 1. The Labute approximate surface area is 191 Å². The SMILES string of the molecule is CC(=O)c1cccc(/N=C2\S/C(=C\N3CCc4ccccc43)C(=O)N2CC2=CCCO2)c1. The van der Waals surface area contributed by atoms with Gasteiger partial charge >= 0.3 is 0 Å². The van der Waals surface area contributed by atoms with Gasteiger partial charge in [0.15, 0.2) is 11.0 Å². The second-order valence-electron chi connectivity index (χ2n) is 7.87. The van der Waals surface area contributed by atoms with E-state index >= 15 is 0 Å². The number of hydrogen-bond acceptors (Lipinski definition) is 6. The van der Waals surface area contributed by atoms with Gasteiger partial charge in [-0.15, -0.1) is 0 Å². The molecule has 5 rings (SSSR count). The summed E-state index contributed by atoms with van der Waals surface area (Å²) in [6.07, 6.45) is 5.77. The van der Waals surface area contributed by atoms with Gasteiger partial charge in [-0.25, -0.2) is 4.99 Å². The van der Waals surface area contributed by atoms with E-state index in [2.05, 4.69) is 17.0 Å². The number of carbonyl (C=O) groups is 2. The molecule has 3 aliphatic heterocycles. The molecule has 0 bridgehead atoms. The van der Waals surface area contributed by atoms with Gasteiger partial charge in [-0.3, -0.25) is 14.5 Å². The number of ketones is 1. The average Bonchev–Trinajstić information content (AvgIpc) is 3.52. The van der Waals surface area contributed by atoms with Gasteiger partial charge in [0.05, 0.1) is 23.7 Å². The smallest absolute Gasteiger partial charge is 0.268 e. The number of amidine groups is 1. The topological polar surface area (TPSA) is 62.2 Å². The van der Waals surface area contributed by atoms with Gasteiger partial charge in [-0.1, -0.05) is 30.3 Å². The average molecular weight is 446 g/mol. The van der Waals surface area contributed by atoms with Crippen LogP contribution in [0, 0.1) is 0 Å². The molecule has 0 radical (unpaired) electrons. The number of aliphatic imine (C=N–C) groups is 1. The van der Waals surface area contributed by atoms with Crippen molar-refractivity contribution < 1.29 is 14.3 Å². The molecule has 0 aliphatic carbocycles. The minimum Gasteiger partial charge on any atom is -0.496 e. The zero-order chi connectivity index (χ0) is 22.1. The number of carbonyl (C=O) groups excluding carboxylic acids is 2. The van der Waals surface area contributed by atoms with E-state index in [1.807, 2.05) is 36.5 Å². The lowest BCUT2D eigenvalue weighted by molar-refractivity contribution is -0.122. The number of rotatable bonds is 5. The second-order valence-corrected chi connectivity index (χ2v) is 8.88. The number of thioether (sulfide) groups is 1. The number of benzene rings is 2. The Kier molecular flexibility index (Phi) is 5.57. The number of hydrogen-bond donors (Lipinski definition) is 0. The molecule has 0 spiro atoms. The van der Waals surface area contributed by atoms with Crippen molar-refractivity contribution in [1.29, 1.82) is 0 Å². The zero-order valence-electron chi connectivity index (χ0n) is 17.8. The zero-order valence-corrected chi connectivity index (χ0v) is 18.6. The molecule has 3 heterocycles. The second kappa shape index (κ2) is 8.67. The first-order chi connectivity index (χ1) is 15.6. The van der Waals surface area contributed by atoms with Crippen LogP contribution in [0.2, 0.25) is 0 Å². The quantitative estimate of drug-likeness (QED) is 0.495. The molecule has 0 N–H and O–H groups in total. The molecule has 2 aromatic rings. The molecule has 0 atom stereocenters. The van der Waals surface area contributed by atoms with Gasteiger partial charge in [0, 0.05) is 30.4 Å². The molecule has 3 aliphatic rings. The highest BCUT2D eigenvalue weighted by Crippen LogP contribution is 2.36. The van der Waals surface area contributed by atoms with Crippen LogP contribution in [0.4, 0.5) is 11.4 Å². The minimum absolute atomic E-state index is 0.0168. The normalized spacial score (nSPS) is 20.2. The van der Waals surface area contributed by atoms with E-state index in [1.54, 1.807) is 17.0 Å². The van der Waals surface area contributed by atoms with Crippen LogP contribution >= 0.6 is 11.8 Å². The van der Waals surface area contributed by atoms with E-state index < -0.39 is 0 Å². The van der Waals surface area contributed by atoms with Crippen LogP contribution in [-0.2, 0) is 16.0 Å². The van der Waals surface area contributed by atoms with Crippen molar-refractivity contribution in [3.63, 3.8) is 0 Å². The molecular weight excluding hydrogens is 422 g/mol. The predicted molar refractivity (Wildman–Crippen MR) is 127 cm³/mol. The van der Waals surface area contributed by atoms with Gasteiger partial charge in [0.2, 0.25) is 0 Å². The highest BCUT2D eigenvalue weighted by atomic mass is 32.2. The van der Waals surface area contributed by atoms with Crippen LogP contribution in [-0.4, -0.2) is 41.5 Å². The van der Waals surface area contributed by atoms with Gasteiger partial charge in [-0.2, -0.15) is 0 Å². The third-order valence-corrected chi connectivity index (χ3v) is 6.65. The molecule has 1 amide bonds. The van der Waals surface area contributed by atoms with Crippen molar-refractivity contribution in [1.82, 2.24) is 4.90 Å². The Hall–Kier alpha value is -3.32. The van der Waals surface area contributed by atoms with Crippen molar-refractivity contribution in [3.05, 3.63) is 82.6 Å². The summed E-state index contributed by atoms with van der Waals surface area (Å²) < 4.78 is 5.66. The van der Waals surface area contributed by atoms with E-state index in [-0.39, 0.29) is 11.7 Å². The first-order valence-electron chi connectivity index (χ1n) is 10.7. The van der Waals surface area contributed by atoms with Crippen LogP contribution < -0.4 is 4.90 Å². The molecule has 0 unspecified atom stereocenters. The molecule has 7 heteroatoms. The minimum atomic E-state index is -0.0859. The molecule has 162 valence electrons. The molecular formula is C25H23N3O3S. The van der Waals surface area contributed by atoms with E-state index in [0.29, 0.717) is 34.5 Å². The van der Waals surface area contributed by atoms with Gasteiger partial charge in [-0.05, 0) is 54.9 Å². The number of nitrogens with zero attached hydrogens (tertiary/aromatic N) is 3. The van der Waals surface area contributed by atoms with Crippen molar-refractivity contribution in [3.8, 4) is 0 Å². The van der Waals surface area contributed by atoms with Crippen LogP contribution in [0.3, 0.4) is 0 Å². The molecule has 0 saturated carbocycles. The first-order valence-corrected chi connectivity index (χ1v) is 11.5. The van der Waals surface area contributed by atoms with Crippen LogP contribution in [0.5, 0.6) is 0 Å². The Morgan fingerprint density at radius 3 is 2.91 bits per heavy atom. The van der Waals surface area contributed by atoms with Crippen molar-refractivity contribution in [2.24, 2.45) is 4.99 Å². The van der Waals surface area contributed by atoms with E-state index in [4.69, 9.17) is 9.73 Å². The Balaban J connectivity index is 1.48. The third kappa shape index (κ3) is 4.08. The first kappa shape index (κ1) is 20.6. The molecule has 1 saturated heterocycles. The fourth-order valence-electron chi connectivity index (χ4n) is 4.00. The van der Waals surface area contributed by atoms with E-state index in [0.717, 1.165) is 30.8 Å². The van der Waals surface area contributed by atoms with Crippen LogP contribution in [0.25, 0.3) is 0 Å². The number of amides is 1. The monoisotopic (exact) mass is 445 g/mol. The maximum absolute atomic E-state index is 13.4. The van der Waals surface area contributed by atoms with E-state index in [1.165, 1.54) is 24.2 Å². The Morgan fingerprint density at radius 1 is 1.22 bits per heavy atom. The molecule has 32 heavy (non-hydrogen) atoms. The van der Waals surface area contributed by atoms with E-state index in [9.17, 15) is 9.59 Å². The summed E-state index contributed by atoms with van der Waals surface area (Å²) in [6.45, 7) is 3.37. The van der Waals surface area contributed by atoms with Gasteiger partial charge in [0.1, 0.15) is 5.76 Å². The number of Topliss-reactive ketones (excluding diaryl/α,β-unsaturated/α-hetero) is 1. The van der Waals surface area contributed by atoms with Crippen molar-refractivity contribution >= 4 is 40.0 Å². The maximum atomic E-state index is 13.4. The van der Waals surface area contributed by atoms with Crippen molar-refractivity contribution in [2.75, 3.05) is 24.6 Å². The fraction of sp³-hybridized carbons (Fsp3) is 0.240. The summed E-state index contributed by atoms with van der Waals surface area (Å²) in [5, 5.41) is 0.589. The summed E-state index contributed by atoms with van der Waals surface area (Å²) >= 11 is 1.36. The fourth-order valence-corrected chi connectivity index (χ4v) is 4.98. The number of fused-ring (bicyclic) bond motifs is 1. The lowest BCUT2D eigenvalue weighted by Crippen LogP contribution is -2.31. The largest absolute Gasteiger partial charge is 0.496 e. The molecule has 6 nitrogen and oxygen atoms in total. The lowest BCUT2D eigenvalue weighted by Gasteiger charge is -2.17. The third-order valence-electron chi connectivity index (χ3n) is 5.65. The number of anilines is 1. The van der Waals surface area contributed by atoms with Crippen LogP contribution in [0.15, 0.2) is 76.5 Å². The van der Waals surface area contributed by atoms with Gasteiger partial charge in [0.25, 0.3) is 5.91 Å². The summed E-state index contributed by atoms with van der Waals surface area (Å²) in [7, 11) is 0. The highest BCUT2D eigenvalue weighted by Gasteiger charge is 2.35. The molecule has 2 aromatic carbocycles. The standard InChI is InChI=1S/C25H23N3O3S/c1-17(29)19-7-4-8-20(14-19)26-25-28(15-21-9-5-13-31-21)24(30)23(32-25)16-27-12-11-18-6-2-3-10-22(18)27/h2-4,6-10,14,16H,5,11-13,15H2,1H3/b23-16-,26-25-. The Morgan fingerprint density at radius 2 is 2.09 bits per heavy atom. The van der Waals surface area contributed by atoms with Crippen molar-refractivity contribution in [2.45, 2.75) is 19.8 Å². The predicted octanol–water partition coefficient (Wildman–Crippen LogP) is 4.66. The number of ether oxygens (including phenoxy) is 1. The summed E-state index contributed by atoms with van der Waals surface area (Å²) in [6, 6.07) is 15.4. The van der Waals surface area contributed by atoms with Crippen LogP contribution in [0.1, 0.15) is 29.3 Å². The lowest BCUT2D eigenvalue weighted by atomic mass is 10.1. The summed E-state index contributed by atoms with van der Waals surface area (Å²) in [5.74, 6) is 0.686. The summed E-state index contributed by atoms with van der Waals surface area (Å²) in [4.78, 5) is 34.3. The molecule has 1 fully saturated rings. The molecule has 0 aromatic heterocycles. The highest BCUT2D eigenvalue weighted by molar-refractivity contribution is 8.18.